The standard InChI is InChI=1S/C10H13N/c1-3-8-5-6-10(11)7-9(8)4-2/h3-4,6-7H,2,5,11H2,1H3/b8-3-. The predicted molar refractivity (Wildman–Crippen MR) is 48.9 cm³/mol. The van der Waals surface area contributed by atoms with Crippen molar-refractivity contribution in [1.82, 2.24) is 0 Å². The second-order valence-electron chi connectivity index (χ2n) is 2.53. The summed E-state index contributed by atoms with van der Waals surface area (Å²) in [4.78, 5) is 0. The molecule has 0 heterocycles. The molecule has 0 amide bonds. The maximum atomic E-state index is 5.63. The first-order valence-corrected chi connectivity index (χ1v) is 3.73. The summed E-state index contributed by atoms with van der Waals surface area (Å²) in [6.07, 6.45) is 8.83. The Morgan fingerprint density at radius 2 is 2.36 bits per heavy atom. The first-order chi connectivity index (χ1) is 5.27. The molecule has 11 heavy (non-hydrogen) atoms. The van der Waals surface area contributed by atoms with E-state index in [1.165, 1.54) is 5.57 Å². The second kappa shape index (κ2) is 3.24. The third-order valence-corrected chi connectivity index (χ3v) is 1.82. The smallest absolute Gasteiger partial charge is 0.0282 e. The first kappa shape index (κ1) is 7.86. The second-order valence-corrected chi connectivity index (χ2v) is 2.53. The van der Waals surface area contributed by atoms with E-state index >= 15 is 0 Å². The normalized spacial score (nSPS) is 21.0. The van der Waals surface area contributed by atoms with Gasteiger partial charge in [-0.1, -0.05) is 24.8 Å². The zero-order chi connectivity index (χ0) is 8.27. The molecule has 0 aromatic carbocycles. The third-order valence-electron chi connectivity index (χ3n) is 1.82. The van der Waals surface area contributed by atoms with Crippen LogP contribution in [0.4, 0.5) is 0 Å². The first-order valence-electron chi connectivity index (χ1n) is 3.73. The topological polar surface area (TPSA) is 26.0 Å². The van der Waals surface area contributed by atoms with Crippen LogP contribution in [0, 0.1) is 0 Å². The van der Waals surface area contributed by atoms with Gasteiger partial charge in [0.1, 0.15) is 0 Å². The van der Waals surface area contributed by atoms with Gasteiger partial charge in [0, 0.05) is 5.70 Å². The minimum absolute atomic E-state index is 0.838. The van der Waals surface area contributed by atoms with Gasteiger partial charge in [-0.15, -0.1) is 0 Å². The summed E-state index contributed by atoms with van der Waals surface area (Å²) < 4.78 is 0. The summed E-state index contributed by atoms with van der Waals surface area (Å²) in [6.45, 7) is 5.75. The maximum Gasteiger partial charge on any atom is 0.0282 e. The van der Waals surface area contributed by atoms with Crippen LogP contribution in [0.15, 0.2) is 47.7 Å². The quantitative estimate of drug-likeness (QED) is 0.605. The molecule has 1 heteroatoms. The molecule has 0 saturated carbocycles. The van der Waals surface area contributed by atoms with E-state index in [1.54, 1.807) is 0 Å². The van der Waals surface area contributed by atoms with Crippen molar-refractivity contribution in [2.75, 3.05) is 0 Å². The molecule has 1 nitrogen and oxygen atoms in total. The molecule has 0 aromatic rings. The van der Waals surface area contributed by atoms with E-state index in [2.05, 4.69) is 12.7 Å². The summed E-state index contributed by atoms with van der Waals surface area (Å²) in [6, 6.07) is 0. The van der Waals surface area contributed by atoms with Gasteiger partial charge < -0.3 is 5.73 Å². The van der Waals surface area contributed by atoms with Crippen LogP contribution in [0.25, 0.3) is 0 Å². The number of rotatable bonds is 1. The summed E-state index contributed by atoms with van der Waals surface area (Å²) in [5.41, 5.74) is 8.91. The fraction of sp³-hybridized carbons (Fsp3) is 0.200. The van der Waals surface area contributed by atoms with Gasteiger partial charge >= 0.3 is 0 Å². The highest BCUT2D eigenvalue weighted by atomic mass is 14.6. The predicted octanol–water partition coefficient (Wildman–Crippen LogP) is 2.29. The molecule has 1 aliphatic carbocycles. The molecular formula is C10H13N. The van der Waals surface area contributed by atoms with Crippen molar-refractivity contribution in [2.45, 2.75) is 13.3 Å². The number of hydrogen-bond acceptors (Lipinski definition) is 1. The van der Waals surface area contributed by atoms with Gasteiger partial charge in [0.2, 0.25) is 0 Å². The van der Waals surface area contributed by atoms with E-state index in [0.29, 0.717) is 0 Å². The molecule has 1 aliphatic rings. The van der Waals surface area contributed by atoms with Gasteiger partial charge in [0.05, 0.1) is 0 Å². The Morgan fingerprint density at radius 1 is 1.64 bits per heavy atom. The molecule has 0 radical (unpaired) electrons. The van der Waals surface area contributed by atoms with Crippen LogP contribution in [0.5, 0.6) is 0 Å². The average molecular weight is 147 g/mol. The molecule has 1 rings (SSSR count). The van der Waals surface area contributed by atoms with Crippen molar-refractivity contribution < 1.29 is 0 Å². The van der Waals surface area contributed by atoms with E-state index in [9.17, 15) is 0 Å². The van der Waals surface area contributed by atoms with E-state index < -0.39 is 0 Å². The maximum absolute atomic E-state index is 5.63. The van der Waals surface area contributed by atoms with Crippen molar-refractivity contribution in [1.29, 1.82) is 0 Å². The van der Waals surface area contributed by atoms with Crippen LogP contribution in [-0.2, 0) is 0 Å². The van der Waals surface area contributed by atoms with Gasteiger partial charge in [-0.05, 0) is 30.6 Å². The Hall–Kier alpha value is -1.24. The summed E-state index contributed by atoms with van der Waals surface area (Å²) >= 11 is 0. The molecule has 0 unspecified atom stereocenters. The Morgan fingerprint density at radius 3 is 2.91 bits per heavy atom. The minimum atomic E-state index is 0.838. The number of nitrogens with two attached hydrogens (primary N) is 1. The van der Waals surface area contributed by atoms with Gasteiger partial charge in [0.15, 0.2) is 0 Å². The zero-order valence-corrected chi connectivity index (χ0v) is 6.80. The molecule has 0 saturated heterocycles. The van der Waals surface area contributed by atoms with Crippen LogP contribution in [0.1, 0.15) is 13.3 Å². The minimum Gasteiger partial charge on any atom is -0.399 e. The van der Waals surface area contributed by atoms with Crippen molar-refractivity contribution >= 4 is 0 Å². The van der Waals surface area contributed by atoms with Crippen LogP contribution in [0.2, 0.25) is 0 Å². The molecule has 2 N–H and O–H groups in total. The molecule has 0 bridgehead atoms. The van der Waals surface area contributed by atoms with Crippen molar-refractivity contribution in [3.63, 3.8) is 0 Å². The molecule has 0 spiro atoms. The average Bonchev–Trinajstić information content (AvgIpc) is 2.04. The van der Waals surface area contributed by atoms with Gasteiger partial charge in [-0.2, -0.15) is 0 Å². The van der Waals surface area contributed by atoms with E-state index in [4.69, 9.17) is 5.73 Å². The zero-order valence-electron chi connectivity index (χ0n) is 6.80. The highest BCUT2D eigenvalue weighted by Crippen LogP contribution is 2.21. The lowest BCUT2D eigenvalue weighted by atomic mass is 9.97. The largest absolute Gasteiger partial charge is 0.399 e. The lowest BCUT2D eigenvalue weighted by Gasteiger charge is -2.11. The number of hydrogen-bond donors (Lipinski definition) is 1. The Bertz CT molecular complexity index is 254. The lowest BCUT2D eigenvalue weighted by Crippen LogP contribution is -2.01. The van der Waals surface area contributed by atoms with Crippen molar-refractivity contribution in [2.24, 2.45) is 5.73 Å². The fourth-order valence-electron chi connectivity index (χ4n) is 1.15. The van der Waals surface area contributed by atoms with Gasteiger partial charge in [-0.25, -0.2) is 0 Å². The monoisotopic (exact) mass is 147 g/mol. The van der Waals surface area contributed by atoms with Crippen molar-refractivity contribution in [3.05, 3.63) is 47.7 Å². The summed E-state index contributed by atoms with van der Waals surface area (Å²) in [7, 11) is 0. The Balaban J connectivity index is 2.98. The van der Waals surface area contributed by atoms with E-state index in [-0.39, 0.29) is 0 Å². The molecule has 0 fully saturated rings. The fourth-order valence-corrected chi connectivity index (χ4v) is 1.15. The molecule has 58 valence electrons. The highest BCUT2D eigenvalue weighted by Gasteiger charge is 2.04. The van der Waals surface area contributed by atoms with Crippen LogP contribution in [-0.4, -0.2) is 0 Å². The van der Waals surface area contributed by atoms with Crippen LogP contribution < -0.4 is 5.73 Å². The Labute approximate surface area is 67.6 Å². The van der Waals surface area contributed by atoms with Crippen molar-refractivity contribution in [3.8, 4) is 0 Å². The van der Waals surface area contributed by atoms with Gasteiger partial charge in [0.25, 0.3) is 0 Å². The third kappa shape index (κ3) is 1.61. The SMILES string of the molecule is C=CC1=CC(N)=CC/C1=C/C. The van der Waals surface area contributed by atoms with E-state index in [0.717, 1.165) is 17.7 Å². The van der Waals surface area contributed by atoms with Crippen LogP contribution >= 0.6 is 0 Å². The molecular weight excluding hydrogens is 134 g/mol. The van der Waals surface area contributed by atoms with Crippen LogP contribution in [0.3, 0.4) is 0 Å². The molecule has 0 atom stereocenters. The Kier molecular flexibility index (Phi) is 2.32. The number of allylic oxidation sites excluding steroid dienone is 6. The van der Waals surface area contributed by atoms with Gasteiger partial charge in [-0.3, -0.25) is 0 Å². The molecule has 0 aliphatic heterocycles. The lowest BCUT2D eigenvalue weighted by molar-refractivity contribution is 1.15. The summed E-state index contributed by atoms with van der Waals surface area (Å²) in [5.74, 6) is 0. The summed E-state index contributed by atoms with van der Waals surface area (Å²) in [5, 5.41) is 0. The molecule has 0 aromatic heterocycles. The highest BCUT2D eigenvalue weighted by molar-refractivity contribution is 5.47. The van der Waals surface area contributed by atoms with E-state index in [1.807, 2.05) is 25.2 Å².